The van der Waals surface area contributed by atoms with E-state index in [4.69, 9.17) is 9.47 Å². The fourth-order valence-corrected chi connectivity index (χ4v) is 5.12. The molecule has 1 aliphatic rings. The van der Waals surface area contributed by atoms with Crippen LogP contribution in [0.2, 0.25) is 0 Å². The van der Waals surface area contributed by atoms with Crippen molar-refractivity contribution in [3.8, 4) is 0 Å². The summed E-state index contributed by atoms with van der Waals surface area (Å²) in [6.07, 6.45) is 20.3. The van der Waals surface area contributed by atoms with Gasteiger partial charge < -0.3 is 9.47 Å². The van der Waals surface area contributed by atoms with E-state index in [-0.39, 0.29) is 29.7 Å². The molecule has 0 bridgehead atoms. The number of esters is 2. The predicted octanol–water partition coefficient (Wildman–Crippen LogP) is 8.26. The standard InChI is InChI=1S/C29H54O4/c1-5-7-9-11-13-15-17-19-21-32-28(30)26-23-24(3)25(4)27(26)29(31)33-22-20-18-16-14-12-10-8-6-2/h24-27H,5-23H2,1-4H3. The summed E-state index contributed by atoms with van der Waals surface area (Å²) in [4.78, 5) is 25.6. The van der Waals surface area contributed by atoms with Crippen molar-refractivity contribution in [2.45, 2.75) is 137 Å². The van der Waals surface area contributed by atoms with Crippen LogP contribution in [0.1, 0.15) is 137 Å². The van der Waals surface area contributed by atoms with E-state index in [1.807, 2.05) is 0 Å². The molecule has 0 aliphatic heterocycles. The first-order valence-corrected chi connectivity index (χ1v) is 14.4. The third kappa shape index (κ3) is 12.8. The normalized spacial score (nSPS) is 22.4. The summed E-state index contributed by atoms with van der Waals surface area (Å²) in [7, 11) is 0. The highest BCUT2D eigenvalue weighted by molar-refractivity contribution is 5.83. The smallest absolute Gasteiger partial charge is 0.310 e. The van der Waals surface area contributed by atoms with Gasteiger partial charge in [-0.15, -0.1) is 0 Å². The molecule has 33 heavy (non-hydrogen) atoms. The van der Waals surface area contributed by atoms with E-state index in [1.165, 1.54) is 77.0 Å². The predicted molar refractivity (Wildman–Crippen MR) is 137 cm³/mol. The maximum Gasteiger partial charge on any atom is 0.310 e. The maximum atomic E-state index is 12.8. The molecule has 0 N–H and O–H groups in total. The maximum absolute atomic E-state index is 12.8. The molecule has 1 rings (SSSR count). The SMILES string of the molecule is CCCCCCCCCCOC(=O)C1CC(C)C(C)C1C(=O)OCCCCCCCCCC. The molecule has 0 aromatic rings. The monoisotopic (exact) mass is 466 g/mol. The van der Waals surface area contributed by atoms with Crippen LogP contribution in [0.15, 0.2) is 0 Å². The van der Waals surface area contributed by atoms with Gasteiger partial charge in [0.15, 0.2) is 0 Å². The Morgan fingerprint density at radius 1 is 0.606 bits per heavy atom. The van der Waals surface area contributed by atoms with E-state index in [2.05, 4.69) is 27.7 Å². The van der Waals surface area contributed by atoms with Gasteiger partial charge in [-0.25, -0.2) is 0 Å². The number of ether oxygens (including phenoxy) is 2. The largest absolute Gasteiger partial charge is 0.465 e. The zero-order valence-corrected chi connectivity index (χ0v) is 22.4. The third-order valence-electron chi connectivity index (χ3n) is 7.58. The Labute approximate surface area is 205 Å². The zero-order chi connectivity index (χ0) is 24.3. The molecule has 4 unspecified atom stereocenters. The minimum absolute atomic E-state index is 0.164. The average Bonchev–Trinajstić information content (AvgIpc) is 3.11. The Morgan fingerprint density at radius 3 is 1.45 bits per heavy atom. The van der Waals surface area contributed by atoms with Gasteiger partial charge in [0.1, 0.15) is 0 Å². The quantitative estimate of drug-likeness (QED) is 0.134. The Morgan fingerprint density at radius 2 is 1.00 bits per heavy atom. The van der Waals surface area contributed by atoms with Crippen LogP contribution < -0.4 is 0 Å². The fourth-order valence-electron chi connectivity index (χ4n) is 5.12. The summed E-state index contributed by atoms with van der Waals surface area (Å²) in [5, 5.41) is 0. The van der Waals surface area contributed by atoms with Crippen molar-refractivity contribution in [3.05, 3.63) is 0 Å². The van der Waals surface area contributed by atoms with Crippen molar-refractivity contribution in [1.82, 2.24) is 0 Å². The van der Waals surface area contributed by atoms with Gasteiger partial charge in [-0.1, -0.05) is 118 Å². The molecule has 1 fully saturated rings. The van der Waals surface area contributed by atoms with Crippen LogP contribution in [0.3, 0.4) is 0 Å². The van der Waals surface area contributed by atoms with Crippen LogP contribution in [-0.2, 0) is 19.1 Å². The molecule has 4 nitrogen and oxygen atoms in total. The molecular formula is C29H54O4. The van der Waals surface area contributed by atoms with Crippen LogP contribution in [-0.4, -0.2) is 25.2 Å². The van der Waals surface area contributed by atoms with Crippen LogP contribution in [0.5, 0.6) is 0 Å². The lowest BCUT2D eigenvalue weighted by atomic mass is 9.89. The highest BCUT2D eigenvalue weighted by Gasteiger charge is 2.47. The van der Waals surface area contributed by atoms with Gasteiger partial charge in [0.25, 0.3) is 0 Å². The van der Waals surface area contributed by atoms with E-state index >= 15 is 0 Å². The second-order valence-corrected chi connectivity index (χ2v) is 10.5. The molecule has 194 valence electrons. The Balaban J connectivity index is 2.24. The molecule has 0 spiro atoms. The molecule has 0 amide bonds. The Kier molecular flexibility index (Phi) is 17.5. The summed E-state index contributed by atoms with van der Waals surface area (Å²) >= 11 is 0. The molecule has 0 heterocycles. The molecule has 4 atom stereocenters. The number of carbonyl (C=O) groups is 2. The van der Waals surface area contributed by atoms with Crippen molar-refractivity contribution in [3.63, 3.8) is 0 Å². The molecule has 0 radical (unpaired) electrons. The topological polar surface area (TPSA) is 52.6 Å². The number of hydrogen-bond donors (Lipinski definition) is 0. The number of hydrogen-bond acceptors (Lipinski definition) is 4. The summed E-state index contributed by atoms with van der Waals surface area (Å²) in [5.74, 6) is -0.565. The van der Waals surface area contributed by atoms with E-state index < -0.39 is 0 Å². The van der Waals surface area contributed by atoms with Crippen molar-refractivity contribution in [2.24, 2.45) is 23.7 Å². The lowest BCUT2D eigenvalue weighted by Gasteiger charge is -2.21. The summed E-state index contributed by atoms with van der Waals surface area (Å²) in [6, 6.07) is 0. The van der Waals surface area contributed by atoms with E-state index in [0.29, 0.717) is 19.1 Å². The van der Waals surface area contributed by atoms with Crippen LogP contribution in [0, 0.1) is 23.7 Å². The highest BCUT2D eigenvalue weighted by Crippen LogP contribution is 2.42. The van der Waals surface area contributed by atoms with E-state index in [1.54, 1.807) is 0 Å². The van der Waals surface area contributed by atoms with Crippen molar-refractivity contribution in [1.29, 1.82) is 0 Å². The molecule has 4 heteroatoms. The van der Waals surface area contributed by atoms with Crippen LogP contribution >= 0.6 is 0 Å². The first-order chi connectivity index (χ1) is 16.0. The summed E-state index contributed by atoms with van der Waals surface area (Å²) < 4.78 is 11.2. The molecule has 0 aromatic carbocycles. The minimum Gasteiger partial charge on any atom is -0.465 e. The first-order valence-electron chi connectivity index (χ1n) is 14.4. The number of rotatable bonds is 20. The fraction of sp³-hybridized carbons (Fsp3) is 0.931. The molecular weight excluding hydrogens is 412 g/mol. The number of carbonyl (C=O) groups excluding carboxylic acids is 2. The second kappa shape index (κ2) is 19.3. The van der Waals surface area contributed by atoms with Crippen molar-refractivity contribution >= 4 is 11.9 Å². The molecule has 1 saturated carbocycles. The van der Waals surface area contributed by atoms with E-state index in [0.717, 1.165) is 32.1 Å². The second-order valence-electron chi connectivity index (χ2n) is 10.5. The van der Waals surface area contributed by atoms with Gasteiger partial charge in [-0.3, -0.25) is 9.59 Å². The van der Waals surface area contributed by atoms with Gasteiger partial charge in [-0.2, -0.15) is 0 Å². The van der Waals surface area contributed by atoms with Gasteiger partial charge in [0.05, 0.1) is 25.0 Å². The van der Waals surface area contributed by atoms with Gasteiger partial charge in [0.2, 0.25) is 0 Å². The molecule has 1 aliphatic carbocycles. The average molecular weight is 467 g/mol. The molecule has 0 aromatic heterocycles. The van der Waals surface area contributed by atoms with Gasteiger partial charge in [-0.05, 0) is 31.1 Å². The summed E-state index contributed by atoms with van der Waals surface area (Å²) in [6.45, 7) is 9.65. The lowest BCUT2D eigenvalue weighted by molar-refractivity contribution is -0.160. The summed E-state index contributed by atoms with van der Waals surface area (Å²) in [5.41, 5.74) is 0. The Bertz CT molecular complexity index is 504. The van der Waals surface area contributed by atoms with E-state index in [9.17, 15) is 9.59 Å². The zero-order valence-electron chi connectivity index (χ0n) is 22.4. The first kappa shape index (κ1) is 30.0. The third-order valence-corrected chi connectivity index (χ3v) is 7.58. The van der Waals surface area contributed by atoms with Crippen LogP contribution in [0.25, 0.3) is 0 Å². The van der Waals surface area contributed by atoms with Gasteiger partial charge in [0, 0.05) is 0 Å². The van der Waals surface area contributed by atoms with Crippen molar-refractivity contribution in [2.75, 3.05) is 13.2 Å². The minimum atomic E-state index is -0.347. The number of unbranched alkanes of at least 4 members (excludes halogenated alkanes) is 14. The van der Waals surface area contributed by atoms with Crippen molar-refractivity contribution < 1.29 is 19.1 Å². The van der Waals surface area contributed by atoms with Crippen LogP contribution in [0.4, 0.5) is 0 Å². The van der Waals surface area contributed by atoms with Gasteiger partial charge >= 0.3 is 11.9 Å². The molecule has 0 saturated heterocycles. The Hall–Kier alpha value is -1.06. The lowest BCUT2D eigenvalue weighted by Crippen LogP contribution is -2.32. The highest BCUT2D eigenvalue weighted by atomic mass is 16.5.